The Kier molecular flexibility index (Phi) is 5.00. The fourth-order valence-corrected chi connectivity index (χ4v) is 1.33. The van der Waals surface area contributed by atoms with Gasteiger partial charge < -0.3 is 10.1 Å². The summed E-state index contributed by atoms with van der Waals surface area (Å²) in [5.74, 6) is 0.00429. The average Bonchev–Trinajstić information content (AvgIpc) is 2.33. The van der Waals surface area contributed by atoms with E-state index in [9.17, 15) is 18.0 Å². The summed E-state index contributed by atoms with van der Waals surface area (Å²) in [6.45, 7) is 0.513. The molecule has 0 aliphatic rings. The third-order valence-corrected chi connectivity index (χ3v) is 2.29. The highest BCUT2D eigenvalue weighted by Gasteiger charge is 2.29. The molecule has 18 heavy (non-hydrogen) atoms. The minimum absolute atomic E-state index is 0.00429. The molecule has 1 atom stereocenters. The van der Waals surface area contributed by atoms with Crippen LogP contribution in [0.3, 0.4) is 0 Å². The molecule has 1 unspecified atom stereocenters. The summed E-state index contributed by atoms with van der Waals surface area (Å²) in [6, 6.07) is 9.34. The fraction of sp³-hybridized carbons (Fsp3) is 0.417. The SMILES string of the molecule is CC(CNC(=O)OCC(F)(F)F)c1ccccc1. The Balaban J connectivity index is 2.31. The fourth-order valence-electron chi connectivity index (χ4n) is 1.33. The molecule has 3 nitrogen and oxygen atoms in total. The number of alkyl halides is 3. The number of benzene rings is 1. The summed E-state index contributed by atoms with van der Waals surface area (Å²) in [6.07, 6.45) is -5.56. The maximum absolute atomic E-state index is 11.8. The van der Waals surface area contributed by atoms with Gasteiger partial charge in [-0.25, -0.2) is 4.79 Å². The van der Waals surface area contributed by atoms with Crippen LogP contribution in [0.1, 0.15) is 18.4 Å². The lowest BCUT2D eigenvalue weighted by molar-refractivity contribution is -0.160. The van der Waals surface area contributed by atoms with Crippen molar-refractivity contribution in [3.05, 3.63) is 35.9 Å². The van der Waals surface area contributed by atoms with Crippen LogP contribution >= 0.6 is 0 Å². The highest BCUT2D eigenvalue weighted by Crippen LogP contribution is 2.15. The zero-order valence-electron chi connectivity index (χ0n) is 9.83. The van der Waals surface area contributed by atoms with Gasteiger partial charge in [0.2, 0.25) is 0 Å². The Morgan fingerprint density at radius 1 is 1.33 bits per heavy atom. The first-order chi connectivity index (χ1) is 8.38. The van der Waals surface area contributed by atoms with Gasteiger partial charge in [-0.2, -0.15) is 13.2 Å². The summed E-state index contributed by atoms with van der Waals surface area (Å²) in [5.41, 5.74) is 0.994. The van der Waals surface area contributed by atoms with Crippen molar-refractivity contribution in [1.82, 2.24) is 5.32 Å². The monoisotopic (exact) mass is 261 g/mol. The van der Waals surface area contributed by atoms with Gasteiger partial charge in [0.1, 0.15) is 0 Å². The number of alkyl carbamates (subject to hydrolysis) is 1. The van der Waals surface area contributed by atoms with E-state index < -0.39 is 18.9 Å². The van der Waals surface area contributed by atoms with Crippen molar-refractivity contribution in [2.75, 3.05) is 13.2 Å². The van der Waals surface area contributed by atoms with Gasteiger partial charge in [0, 0.05) is 6.54 Å². The lowest BCUT2D eigenvalue weighted by Gasteiger charge is -2.13. The molecular formula is C12H14F3NO2. The van der Waals surface area contributed by atoms with Gasteiger partial charge in [0.15, 0.2) is 6.61 Å². The van der Waals surface area contributed by atoms with Gasteiger partial charge in [-0.3, -0.25) is 0 Å². The molecule has 0 saturated carbocycles. The summed E-state index contributed by atoms with van der Waals surface area (Å²) in [4.78, 5) is 11.0. The van der Waals surface area contributed by atoms with Crippen molar-refractivity contribution in [1.29, 1.82) is 0 Å². The number of carbonyl (C=O) groups excluding carboxylic acids is 1. The molecular weight excluding hydrogens is 247 g/mol. The van der Waals surface area contributed by atoms with Gasteiger partial charge in [-0.05, 0) is 11.5 Å². The van der Waals surface area contributed by atoms with Gasteiger partial charge in [-0.1, -0.05) is 37.3 Å². The molecule has 0 fully saturated rings. The molecule has 0 aliphatic heterocycles. The van der Waals surface area contributed by atoms with Crippen LogP contribution in [0, 0.1) is 0 Å². The average molecular weight is 261 g/mol. The smallest absolute Gasteiger partial charge is 0.422 e. The zero-order chi connectivity index (χ0) is 13.6. The van der Waals surface area contributed by atoms with Crippen LogP contribution in [-0.4, -0.2) is 25.4 Å². The van der Waals surface area contributed by atoms with Crippen molar-refractivity contribution >= 4 is 6.09 Å². The first-order valence-electron chi connectivity index (χ1n) is 5.41. The molecule has 0 bridgehead atoms. The maximum atomic E-state index is 11.8. The molecule has 0 aromatic heterocycles. The standard InChI is InChI=1S/C12H14F3NO2/c1-9(10-5-3-2-4-6-10)7-16-11(17)18-8-12(13,14)15/h2-6,9H,7-8H2,1H3,(H,16,17). The Morgan fingerprint density at radius 3 is 2.50 bits per heavy atom. The number of hydrogen-bond donors (Lipinski definition) is 1. The summed E-state index contributed by atoms with van der Waals surface area (Å²) in [7, 11) is 0. The number of nitrogens with one attached hydrogen (secondary N) is 1. The highest BCUT2D eigenvalue weighted by atomic mass is 19.4. The number of amides is 1. The van der Waals surface area contributed by atoms with E-state index in [2.05, 4.69) is 10.1 Å². The van der Waals surface area contributed by atoms with Crippen molar-refractivity contribution in [2.24, 2.45) is 0 Å². The Morgan fingerprint density at radius 2 is 1.94 bits per heavy atom. The molecule has 1 rings (SSSR count). The normalized spacial score (nSPS) is 12.9. The van der Waals surface area contributed by atoms with E-state index in [1.165, 1.54) is 0 Å². The molecule has 0 aliphatic carbocycles. The summed E-state index contributed by atoms with van der Waals surface area (Å²) in [5, 5.41) is 2.29. The first kappa shape index (κ1) is 14.3. The van der Waals surface area contributed by atoms with E-state index in [0.29, 0.717) is 0 Å². The minimum Gasteiger partial charge on any atom is -0.440 e. The predicted molar refractivity (Wildman–Crippen MR) is 60.3 cm³/mol. The second kappa shape index (κ2) is 6.28. The first-order valence-corrected chi connectivity index (χ1v) is 5.41. The lowest BCUT2D eigenvalue weighted by Crippen LogP contribution is -2.31. The highest BCUT2D eigenvalue weighted by molar-refractivity contribution is 5.67. The Hall–Kier alpha value is -1.72. The number of rotatable bonds is 4. The Labute approximate surface area is 103 Å². The van der Waals surface area contributed by atoms with Crippen LogP contribution in [0.5, 0.6) is 0 Å². The molecule has 1 aromatic carbocycles. The van der Waals surface area contributed by atoms with E-state index in [-0.39, 0.29) is 12.5 Å². The van der Waals surface area contributed by atoms with E-state index in [1.807, 2.05) is 37.3 Å². The summed E-state index contributed by atoms with van der Waals surface area (Å²) >= 11 is 0. The van der Waals surface area contributed by atoms with Crippen LogP contribution in [-0.2, 0) is 4.74 Å². The molecule has 0 saturated heterocycles. The second-order valence-corrected chi connectivity index (χ2v) is 3.88. The van der Waals surface area contributed by atoms with Crippen molar-refractivity contribution in [3.63, 3.8) is 0 Å². The van der Waals surface area contributed by atoms with E-state index in [0.717, 1.165) is 5.56 Å². The van der Waals surface area contributed by atoms with Gasteiger partial charge in [0.05, 0.1) is 0 Å². The molecule has 100 valence electrons. The van der Waals surface area contributed by atoms with Crippen molar-refractivity contribution in [2.45, 2.75) is 19.0 Å². The zero-order valence-corrected chi connectivity index (χ0v) is 9.83. The third kappa shape index (κ3) is 5.56. The predicted octanol–water partition coefficient (Wildman–Crippen LogP) is 3.08. The van der Waals surface area contributed by atoms with Crippen molar-refractivity contribution in [3.8, 4) is 0 Å². The number of hydrogen-bond acceptors (Lipinski definition) is 2. The van der Waals surface area contributed by atoms with Gasteiger partial charge in [0.25, 0.3) is 0 Å². The van der Waals surface area contributed by atoms with E-state index in [1.54, 1.807) is 0 Å². The molecule has 1 aromatic rings. The van der Waals surface area contributed by atoms with Gasteiger partial charge in [-0.15, -0.1) is 0 Å². The molecule has 6 heteroatoms. The Bertz CT molecular complexity index is 379. The largest absolute Gasteiger partial charge is 0.440 e. The lowest BCUT2D eigenvalue weighted by atomic mass is 10.0. The molecule has 0 spiro atoms. The van der Waals surface area contributed by atoms with Crippen LogP contribution < -0.4 is 5.32 Å². The number of ether oxygens (including phenoxy) is 1. The molecule has 0 heterocycles. The van der Waals surface area contributed by atoms with E-state index >= 15 is 0 Å². The van der Waals surface area contributed by atoms with Crippen LogP contribution in [0.4, 0.5) is 18.0 Å². The quantitative estimate of drug-likeness (QED) is 0.904. The van der Waals surface area contributed by atoms with Crippen LogP contribution in [0.25, 0.3) is 0 Å². The maximum Gasteiger partial charge on any atom is 0.422 e. The molecule has 0 radical (unpaired) electrons. The van der Waals surface area contributed by atoms with Crippen LogP contribution in [0.15, 0.2) is 30.3 Å². The number of carbonyl (C=O) groups is 1. The third-order valence-electron chi connectivity index (χ3n) is 2.29. The van der Waals surface area contributed by atoms with E-state index in [4.69, 9.17) is 0 Å². The molecule has 1 N–H and O–H groups in total. The van der Waals surface area contributed by atoms with Crippen molar-refractivity contribution < 1.29 is 22.7 Å². The van der Waals surface area contributed by atoms with Crippen LogP contribution in [0.2, 0.25) is 0 Å². The number of halogens is 3. The second-order valence-electron chi connectivity index (χ2n) is 3.88. The molecule has 1 amide bonds. The minimum atomic E-state index is -4.50. The van der Waals surface area contributed by atoms with Gasteiger partial charge >= 0.3 is 12.3 Å². The topological polar surface area (TPSA) is 38.3 Å². The summed E-state index contributed by atoms with van der Waals surface area (Å²) < 4.78 is 39.3.